The summed E-state index contributed by atoms with van der Waals surface area (Å²) < 4.78 is 13.0. The van der Waals surface area contributed by atoms with Gasteiger partial charge in [-0.2, -0.15) is 4.98 Å². The Morgan fingerprint density at radius 3 is 2.64 bits per heavy atom. The van der Waals surface area contributed by atoms with Gasteiger partial charge in [-0.25, -0.2) is 9.37 Å². The summed E-state index contributed by atoms with van der Waals surface area (Å²) in [6.45, 7) is 0. The first kappa shape index (κ1) is 17.3. The predicted octanol–water partition coefficient (Wildman–Crippen LogP) is 3.78. The third-order valence-corrected chi connectivity index (χ3v) is 4.08. The first-order chi connectivity index (χ1) is 13.5. The maximum atomic E-state index is 13.0. The Morgan fingerprint density at radius 1 is 1.11 bits per heavy atom. The van der Waals surface area contributed by atoms with Crippen LogP contribution in [0.15, 0.2) is 65.6 Å². The molecule has 4 rings (SSSR count). The summed E-state index contributed by atoms with van der Waals surface area (Å²) in [5, 5.41) is 14.1. The van der Waals surface area contributed by atoms with Crippen molar-refractivity contribution < 1.29 is 9.31 Å². The van der Waals surface area contributed by atoms with E-state index in [4.69, 9.17) is 0 Å². The fourth-order valence-electron chi connectivity index (χ4n) is 2.82. The fraction of sp³-hybridized carbons (Fsp3) is 0. The molecule has 0 saturated heterocycles. The van der Waals surface area contributed by atoms with Crippen LogP contribution in [0.25, 0.3) is 22.2 Å². The van der Waals surface area contributed by atoms with Crippen molar-refractivity contribution in [3.63, 3.8) is 0 Å². The summed E-state index contributed by atoms with van der Waals surface area (Å²) in [4.78, 5) is 34.3. The van der Waals surface area contributed by atoms with E-state index in [0.29, 0.717) is 16.8 Å². The van der Waals surface area contributed by atoms with Gasteiger partial charge in [0.2, 0.25) is 5.95 Å². The van der Waals surface area contributed by atoms with Crippen LogP contribution in [0.1, 0.15) is 0 Å². The second kappa shape index (κ2) is 6.88. The van der Waals surface area contributed by atoms with Gasteiger partial charge in [-0.05, 0) is 35.9 Å². The van der Waals surface area contributed by atoms with Gasteiger partial charge in [0, 0.05) is 29.6 Å². The molecular weight excluding hydrogens is 365 g/mol. The second-order valence-corrected chi connectivity index (χ2v) is 5.91. The lowest BCUT2D eigenvalue weighted by atomic mass is 10.0. The van der Waals surface area contributed by atoms with Crippen LogP contribution in [0.4, 0.5) is 21.7 Å². The molecule has 0 aliphatic rings. The van der Waals surface area contributed by atoms with Crippen LogP contribution >= 0.6 is 0 Å². The third kappa shape index (κ3) is 3.28. The number of fused-ring (bicyclic) bond motifs is 1. The quantitative estimate of drug-likeness (QED) is 0.413. The molecule has 8 nitrogen and oxygen atoms in total. The Balaban J connectivity index is 1.81. The number of halogens is 1. The van der Waals surface area contributed by atoms with E-state index in [1.165, 1.54) is 42.6 Å². The number of H-pyrrole nitrogens is 1. The molecule has 0 amide bonds. The number of hydrogen-bond donors (Lipinski definition) is 2. The zero-order valence-corrected chi connectivity index (χ0v) is 14.2. The minimum Gasteiger partial charge on any atom is -0.326 e. The molecule has 138 valence electrons. The van der Waals surface area contributed by atoms with Crippen molar-refractivity contribution in [1.82, 2.24) is 15.0 Å². The molecular formula is C19H12FN5O3. The average molecular weight is 377 g/mol. The van der Waals surface area contributed by atoms with Crippen LogP contribution in [-0.4, -0.2) is 19.9 Å². The van der Waals surface area contributed by atoms with E-state index in [-0.39, 0.29) is 28.5 Å². The number of nitrogens with zero attached hydrogens (tertiary/aromatic N) is 3. The highest BCUT2D eigenvalue weighted by Gasteiger charge is 2.14. The van der Waals surface area contributed by atoms with E-state index >= 15 is 0 Å². The highest BCUT2D eigenvalue weighted by Crippen LogP contribution is 2.27. The summed E-state index contributed by atoms with van der Waals surface area (Å²) in [6.07, 6.45) is 1.48. The molecule has 0 fully saturated rings. The van der Waals surface area contributed by atoms with Crippen molar-refractivity contribution in [2.45, 2.75) is 0 Å². The first-order valence-electron chi connectivity index (χ1n) is 8.18. The number of non-ortho nitro benzene ring substituents is 1. The molecule has 0 unspecified atom stereocenters. The zero-order chi connectivity index (χ0) is 19.7. The fourth-order valence-corrected chi connectivity index (χ4v) is 2.82. The minimum atomic E-state index is -0.500. The molecule has 9 heteroatoms. The Hall–Kier alpha value is -4.14. The maximum Gasteiger partial charge on any atom is 0.270 e. The Bertz CT molecular complexity index is 1250. The minimum absolute atomic E-state index is 0.0820. The predicted molar refractivity (Wildman–Crippen MR) is 102 cm³/mol. The van der Waals surface area contributed by atoms with E-state index in [1.807, 2.05) is 0 Å². The second-order valence-electron chi connectivity index (χ2n) is 5.91. The van der Waals surface area contributed by atoms with E-state index in [0.717, 1.165) is 0 Å². The van der Waals surface area contributed by atoms with Gasteiger partial charge in [-0.3, -0.25) is 19.9 Å². The molecule has 0 saturated carbocycles. The van der Waals surface area contributed by atoms with Crippen molar-refractivity contribution in [2.75, 3.05) is 5.32 Å². The van der Waals surface area contributed by atoms with Gasteiger partial charge >= 0.3 is 0 Å². The first-order valence-corrected chi connectivity index (χ1v) is 8.18. The normalized spacial score (nSPS) is 10.8. The molecule has 2 N–H and O–H groups in total. The molecule has 4 aromatic rings. The molecule has 0 aliphatic carbocycles. The van der Waals surface area contributed by atoms with Crippen LogP contribution < -0.4 is 10.9 Å². The highest BCUT2D eigenvalue weighted by atomic mass is 19.1. The van der Waals surface area contributed by atoms with Crippen LogP contribution in [0, 0.1) is 15.9 Å². The van der Waals surface area contributed by atoms with E-state index in [9.17, 15) is 19.3 Å². The highest BCUT2D eigenvalue weighted by molar-refractivity contribution is 5.92. The van der Waals surface area contributed by atoms with E-state index < -0.39 is 10.5 Å². The number of nitrogens with one attached hydrogen (secondary N) is 2. The number of pyridine rings is 1. The number of rotatable bonds is 4. The Labute approximate surface area is 156 Å². The largest absolute Gasteiger partial charge is 0.326 e. The number of hydrogen-bond acceptors (Lipinski definition) is 6. The summed E-state index contributed by atoms with van der Waals surface area (Å²) >= 11 is 0. The number of anilines is 2. The summed E-state index contributed by atoms with van der Waals surface area (Å²) in [7, 11) is 0. The lowest BCUT2D eigenvalue weighted by molar-refractivity contribution is -0.384. The molecule has 2 aromatic heterocycles. The van der Waals surface area contributed by atoms with Gasteiger partial charge in [0.25, 0.3) is 11.2 Å². The van der Waals surface area contributed by atoms with Gasteiger partial charge in [0.15, 0.2) is 5.65 Å². The third-order valence-electron chi connectivity index (χ3n) is 4.08. The van der Waals surface area contributed by atoms with E-state index in [2.05, 4.69) is 20.3 Å². The average Bonchev–Trinajstić information content (AvgIpc) is 2.69. The van der Waals surface area contributed by atoms with Gasteiger partial charge in [0.05, 0.1) is 10.3 Å². The topological polar surface area (TPSA) is 114 Å². The maximum absolute atomic E-state index is 13.0. The molecule has 2 aromatic carbocycles. The molecule has 28 heavy (non-hydrogen) atoms. The SMILES string of the molecule is O=c1[nH]c(Nc2ccc(F)cc2)nc2nccc(-c3cccc([N+](=O)[O-])c3)c12. The Kier molecular flexibility index (Phi) is 4.24. The Morgan fingerprint density at radius 2 is 1.89 bits per heavy atom. The lowest BCUT2D eigenvalue weighted by Gasteiger charge is -2.08. The number of aromatic amines is 1. The summed E-state index contributed by atoms with van der Waals surface area (Å²) in [6, 6.07) is 13.2. The van der Waals surface area contributed by atoms with Gasteiger partial charge < -0.3 is 5.32 Å². The van der Waals surface area contributed by atoms with Crippen molar-refractivity contribution in [2.24, 2.45) is 0 Å². The standard InChI is InChI=1S/C19H12FN5O3/c20-12-4-6-13(7-5-12)22-19-23-17-16(18(26)24-19)15(8-9-21-17)11-2-1-3-14(10-11)25(27)28/h1-10H,(H2,21,22,23,24,26). The lowest BCUT2D eigenvalue weighted by Crippen LogP contribution is -2.13. The molecule has 0 spiro atoms. The number of aromatic nitrogens is 3. The summed E-state index contributed by atoms with van der Waals surface area (Å²) in [5.74, 6) is -0.235. The van der Waals surface area contributed by atoms with Gasteiger partial charge in [-0.1, -0.05) is 12.1 Å². The summed E-state index contributed by atoms with van der Waals surface area (Å²) in [5.41, 5.74) is 1.17. The number of benzene rings is 2. The van der Waals surface area contributed by atoms with Crippen molar-refractivity contribution in [3.8, 4) is 11.1 Å². The van der Waals surface area contributed by atoms with Gasteiger partial charge in [0.1, 0.15) is 5.82 Å². The molecule has 0 aliphatic heterocycles. The van der Waals surface area contributed by atoms with Crippen LogP contribution in [-0.2, 0) is 0 Å². The van der Waals surface area contributed by atoms with Crippen molar-refractivity contribution >= 4 is 28.4 Å². The molecule has 0 radical (unpaired) electrons. The zero-order valence-electron chi connectivity index (χ0n) is 14.2. The van der Waals surface area contributed by atoms with Crippen LogP contribution in [0.5, 0.6) is 0 Å². The van der Waals surface area contributed by atoms with Gasteiger partial charge in [-0.15, -0.1) is 0 Å². The van der Waals surface area contributed by atoms with E-state index in [1.54, 1.807) is 18.2 Å². The smallest absolute Gasteiger partial charge is 0.270 e. The number of nitro groups is 1. The van der Waals surface area contributed by atoms with Crippen LogP contribution in [0.2, 0.25) is 0 Å². The molecule has 0 atom stereocenters. The monoisotopic (exact) mass is 377 g/mol. The number of nitro benzene ring substituents is 1. The molecule has 2 heterocycles. The van der Waals surface area contributed by atoms with Crippen LogP contribution in [0.3, 0.4) is 0 Å². The molecule has 0 bridgehead atoms. The van der Waals surface area contributed by atoms with Crippen molar-refractivity contribution in [3.05, 3.63) is 87.1 Å². The van der Waals surface area contributed by atoms with Crippen molar-refractivity contribution in [1.29, 1.82) is 0 Å².